The molecule has 0 heterocycles. The Hall–Kier alpha value is -0.860. The summed E-state index contributed by atoms with van der Waals surface area (Å²) in [6.07, 6.45) is 3.52. The van der Waals surface area contributed by atoms with Crippen molar-refractivity contribution in [1.29, 1.82) is 0 Å². The zero-order valence-electron chi connectivity index (χ0n) is 12.3. The summed E-state index contributed by atoms with van der Waals surface area (Å²) >= 11 is 0. The molecule has 1 rings (SSSR count). The molecule has 0 fully saturated rings. The number of rotatable bonds is 7. The number of nitrogens with two attached hydrogens (primary N) is 1. The molecule has 0 amide bonds. The van der Waals surface area contributed by atoms with Crippen LogP contribution in [0, 0.1) is 0 Å². The second kappa shape index (κ2) is 7.55. The molecular formula is C16H28N2. The van der Waals surface area contributed by atoms with E-state index in [2.05, 4.69) is 57.0 Å². The van der Waals surface area contributed by atoms with Crippen LogP contribution in [0.2, 0.25) is 0 Å². The molecule has 0 aliphatic rings. The van der Waals surface area contributed by atoms with Crippen molar-refractivity contribution in [1.82, 2.24) is 4.90 Å². The first-order chi connectivity index (χ1) is 8.65. The predicted molar refractivity (Wildman–Crippen MR) is 79.7 cm³/mol. The Morgan fingerprint density at radius 1 is 1.22 bits per heavy atom. The Kier molecular flexibility index (Phi) is 6.37. The molecule has 2 N–H and O–H groups in total. The molecule has 2 atom stereocenters. The maximum absolute atomic E-state index is 6.02. The second-order valence-electron chi connectivity index (χ2n) is 5.11. The molecule has 2 heteroatoms. The van der Waals surface area contributed by atoms with Crippen molar-refractivity contribution in [2.24, 2.45) is 5.73 Å². The normalized spacial score (nSPS) is 14.8. The standard InChI is InChI=1S/C16H28N2/c1-5-9-13(3)18(4)16(12-17)15-11-8-7-10-14(15)6-2/h7-8,10-11,13,16H,5-6,9,12,17H2,1-4H3. The smallest absolute Gasteiger partial charge is 0.0472 e. The summed E-state index contributed by atoms with van der Waals surface area (Å²) in [5.41, 5.74) is 8.84. The summed E-state index contributed by atoms with van der Waals surface area (Å²) in [6.45, 7) is 7.42. The second-order valence-corrected chi connectivity index (χ2v) is 5.11. The van der Waals surface area contributed by atoms with Crippen molar-refractivity contribution in [2.75, 3.05) is 13.6 Å². The van der Waals surface area contributed by atoms with Crippen LogP contribution in [-0.4, -0.2) is 24.5 Å². The van der Waals surface area contributed by atoms with Gasteiger partial charge < -0.3 is 5.73 Å². The van der Waals surface area contributed by atoms with E-state index in [0.717, 1.165) is 6.42 Å². The molecule has 18 heavy (non-hydrogen) atoms. The van der Waals surface area contributed by atoms with Gasteiger partial charge in [-0.05, 0) is 37.9 Å². The van der Waals surface area contributed by atoms with Crippen LogP contribution in [0.1, 0.15) is 50.8 Å². The quantitative estimate of drug-likeness (QED) is 0.801. The Morgan fingerprint density at radius 2 is 1.89 bits per heavy atom. The highest BCUT2D eigenvalue weighted by molar-refractivity contribution is 5.30. The van der Waals surface area contributed by atoms with Crippen LogP contribution >= 0.6 is 0 Å². The van der Waals surface area contributed by atoms with Crippen LogP contribution in [0.5, 0.6) is 0 Å². The largest absolute Gasteiger partial charge is 0.329 e. The maximum Gasteiger partial charge on any atom is 0.0472 e. The van der Waals surface area contributed by atoms with E-state index >= 15 is 0 Å². The summed E-state index contributed by atoms with van der Waals surface area (Å²) in [5.74, 6) is 0. The van der Waals surface area contributed by atoms with Gasteiger partial charge in [0.05, 0.1) is 0 Å². The van der Waals surface area contributed by atoms with Crippen molar-refractivity contribution in [3.05, 3.63) is 35.4 Å². The van der Waals surface area contributed by atoms with Gasteiger partial charge in [-0.2, -0.15) is 0 Å². The summed E-state index contributed by atoms with van der Waals surface area (Å²) in [7, 11) is 2.20. The van der Waals surface area contributed by atoms with Crippen molar-refractivity contribution in [3.8, 4) is 0 Å². The number of hydrogen-bond acceptors (Lipinski definition) is 2. The van der Waals surface area contributed by atoms with E-state index in [4.69, 9.17) is 5.73 Å². The third kappa shape index (κ3) is 3.56. The molecule has 0 spiro atoms. The van der Waals surface area contributed by atoms with E-state index in [9.17, 15) is 0 Å². The van der Waals surface area contributed by atoms with Gasteiger partial charge in [0.25, 0.3) is 0 Å². The van der Waals surface area contributed by atoms with Crippen molar-refractivity contribution in [2.45, 2.75) is 52.1 Å². The summed E-state index contributed by atoms with van der Waals surface area (Å²) in [4.78, 5) is 2.43. The minimum Gasteiger partial charge on any atom is -0.329 e. The van der Waals surface area contributed by atoms with Gasteiger partial charge in [0, 0.05) is 18.6 Å². The highest BCUT2D eigenvalue weighted by Gasteiger charge is 2.21. The average molecular weight is 248 g/mol. The monoisotopic (exact) mass is 248 g/mol. The molecule has 0 aliphatic carbocycles. The Morgan fingerprint density at radius 3 is 2.44 bits per heavy atom. The van der Waals surface area contributed by atoms with Gasteiger partial charge in [-0.25, -0.2) is 0 Å². The number of likely N-dealkylation sites (N-methyl/N-ethyl adjacent to an activating group) is 1. The first-order valence-corrected chi connectivity index (χ1v) is 7.15. The molecule has 0 saturated heterocycles. The third-order valence-electron chi connectivity index (χ3n) is 3.91. The molecule has 0 saturated carbocycles. The van der Waals surface area contributed by atoms with E-state index in [0.29, 0.717) is 18.6 Å². The minimum absolute atomic E-state index is 0.336. The molecule has 0 aromatic heterocycles. The number of aryl methyl sites for hydroxylation is 1. The molecule has 0 bridgehead atoms. The summed E-state index contributed by atoms with van der Waals surface area (Å²) in [6, 6.07) is 9.60. The van der Waals surface area contributed by atoms with Gasteiger partial charge in [-0.15, -0.1) is 0 Å². The molecule has 102 valence electrons. The van der Waals surface area contributed by atoms with Crippen molar-refractivity contribution < 1.29 is 0 Å². The highest BCUT2D eigenvalue weighted by atomic mass is 15.2. The lowest BCUT2D eigenvalue weighted by atomic mass is 9.96. The molecule has 0 radical (unpaired) electrons. The van der Waals surface area contributed by atoms with Gasteiger partial charge in [-0.1, -0.05) is 44.5 Å². The van der Waals surface area contributed by atoms with Crippen LogP contribution in [0.25, 0.3) is 0 Å². The fraction of sp³-hybridized carbons (Fsp3) is 0.625. The predicted octanol–water partition coefficient (Wildman–Crippen LogP) is 3.37. The number of benzene rings is 1. The molecular weight excluding hydrogens is 220 g/mol. The minimum atomic E-state index is 0.336. The molecule has 1 aromatic rings. The molecule has 0 aliphatic heterocycles. The topological polar surface area (TPSA) is 29.3 Å². The zero-order valence-corrected chi connectivity index (χ0v) is 12.3. The lowest BCUT2D eigenvalue weighted by Gasteiger charge is -2.33. The first-order valence-electron chi connectivity index (χ1n) is 7.15. The van der Waals surface area contributed by atoms with Gasteiger partial charge in [0.2, 0.25) is 0 Å². The van der Waals surface area contributed by atoms with Gasteiger partial charge >= 0.3 is 0 Å². The maximum atomic E-state index is 6.02. The van der Waals surface area contributed by atoms with Gasteiger partial charge in [0.1, 0.15) is 0 Å². The third-order valence-corrected chi connectivity index (χ3v) is 3.91. The van der Waals surface area contributed by atoms with Crippen LogP contribution in [-0.2, 0) is 6.42 Å². The molecule has 1 aromatic carbocycles. The first kappa shape index (κ1) is 15.2. The van der Waals surface area contributed by atoms with Gasteiger partial charge in [0.15, 0.2) is 0 Å². The van der Waals surface area contributed by atoms with Crippen LogP contribution in [0.4, 0.5) is 0 Å². The summed E-state index contributed by atoms with van der Waals surface area (Å²) in [5, 5.41) is 0. The van der Waals surface area contributed by atoms with E-state index in [-0.39, 0.29) is 0 Å². The Balaban J connectivity index is 2.94. The zero-order chi connectivity index (χ0) is 13.5. The average Bonchev–Trinajstić information content (AvgIpc) is 2.40. The summed E-state index contributed by atoms with van der Waals surface area (Å²) < 4.78 is 0. The van der Waals surface area contributed by atoms with E-state index in [1.807, 2.05) is 0 Å². The van der Waals surface area contributed by atoms with E-state index < -0.39 is 0 Å². The van der Waals surface area contributed by atoms with Crippen LogP contribution < -0.4 is 5.73 Å². The lowest BCUT2D eigenvalue weighted by molar-refractivity contribution is 0.179. The number of hydrogen-bond donors (Lipinski definition) is 1. The SMILES string of the molecule is CCCC(C)N(C)C(CN)c1ccccc1CC. The van der Waals surface area contributed by atoms with Crippen molar-refractivity contribution >= 4 is 0 Å². The van der Waals surface area contributed by atoms with E-state index in [1.54, 1.807) is 0 Å². The van der Waals surface area contributed by atoms with Crippen LogP contribution in [0.3, 0.4) is 0 Å². The fourth-order valence-corrected chi connectivity index (χ4v) is 2.62. The van der Waals surface area contributed by atoms with E-state index in [1.165, 1.54) is 24.0 Å². The fourth-order valence-electron chi connectivity index (χ4n) is 2.62. The molecule has 2 nitrogen and oxygen atoms in total. The number of nitrogens with zero attached hydrogens (tertiary/aromatic N) is 1. The van der Waals surface area contributed by atoms with Crippen molar-refractivity contribution in [3.63, 3.8) is 0 Å². The Bertz CT molecular complexity index is 349. The van der Waals surface area contributed by atoms with Crippen LogP contribution in [0.15, 0.2) is 24.3 Å². The van der Waals surface area contributed by atoms with Gasteiger partial charge in [-0.3, -0.25) is 4.90 Å². The highest BCUT2D eigenvalue weighted by Crippen LogP contribution is 2.25. The Labute approximate surface area is 112 Å². The lowest BCUT2D eigenvalue weighted by Crippen LogP contribution is -2.37. The molecule has 2 unspecified atom stereocenters.